The van der Waals surface area contributed by atoms with E-state index >= 15 is 0 Å². The van der Waals surface area contributed by atoms with Crippen LogP contribution in [0.15, 0.2) is 53.4 Å². The van der Waals surface area contributed by atoms with Crippen LogP contribution in [0.4, 0.5) is 5.69 Å². The van der Waals surface area contributed by atoms with Gasteiger partial charge >= 0.3 is 0 Å². The molecule has 2 N–H and O–H groups in total. The third-order valence-corrected chi connectivity index (χ3v) is 4.35. The van der Waals surface area contributed by atoms with E-state index in [0.717, 1.165) is 5.56 Å². The zero-order chi connectivity index (χ0) is 15.7. The smallest absolute Gasteiger partial charge is 0.270 e. The minimum atomic E-state index is -0.246. The van der Waals surface area contributed by atoms with E-state index in [-0.39, 0.29) is 17.4 Å². The fraction of sp³-hybridized carbons (Fsp3) is 0. The van der Waals surface area contributed by atoms with Crippen molar-refractivity contribution in [3.8, 4) is 11.5 Å². The topological polar surface area (TPSA) is 60.8 Å². The first-order chi connectivity index (χ1) is 10.5. The molecule has 2 aromatic carbocycles. The summed E-state index contributed by atoms with van der Waals surface area (Å²) in [6, 6.07) is 13.0. The summed E-state index contributed by atoms with van der Waals surface area (Å²) in [4.78, 5) is 14.4. The number of carbonyl (C=O) groups is 1. The summed E-state index contributed by atoms with van der Waals surface area (Å²) in [6.07, 6.45) is 1.68. The summed E-state index contributed by atoms with van der Waals surface area (Å²) < 4.78 is 0.405. The second kappa shape index (κ2) is 5.82. The Hall–Kier alpha value is -2.31. The third kappa shape index (κ3) is 2.84. The zero-order valence-corrected chi connectivity index (χ0v) is 12.9. The van der Waals surface area contributed by atoms with Crippen LogP contribution in [0.5, 0.6) is 11.5 Å². The van der Waals surface area contributed by atoms with Gasteiger partial charge < -0.3 is 10.2 Å². The summed E-state index contributed by atoms with van der Waals surface area (Å²) >= 11 is 6.45. The Morgan fingerprint density at radius 1 is 1.05 bits per heavy atom. The van der Waals surface area contributed by atoms with Crippen LogP contribution in [0.25, 0.3) is 6.08 Å². The van der Waals surface area contributed by atoms with Crippen LogP contribution >= 0.6 is 24.0 Å². The molecule has 1 aliphatic heterocycles. The van der Waals surface area contributed by atoms with Crippen molar-refractivity contribution in [1.82, 2.24) is 0 Å². The molecule has 0 aromatic heterocycles. The number of carbonyl (C=O) groups excluding carboxylic acids is 1. The number of thioether (sulfide) groups is 1. The number of phenolic OH excluding ortho intramolecular Hbond substituents is 2. The molecule has 1 fully saturated rings. The van der Waals surface area contributed by atoms with Gasteiger partial charge in [-0.1, -0.05) is 42.2 Å². The standard InChI is InChI=1S/C16H11NO3S2/c18-12-5-1-3-10(7-12)8-14-15(20)17(16(21)22-14)11-4-2-6-13(19)9-11/h1-9,18-19H/b14-8-. The molecule has 1 heterocycles. The highest BCUT2D eigenvalue weighted by atomic mass is 32.2. The van der Waals surface area contributed by atoms with Crippen molar-refractivity contribution in [1.29, 1.82) is 0 Å². The van der Waals surface area contributed by atoms with Gasteiger partial charge in [0, 0.05) is 6.07 Å². The van der Waals surface area contributed by atoms with Crippen molar-refractivity contribution in [3.05, 3.63) is 59.0 Å². The van der Waals surface area contributed by atoms with Gasteiger partial charge in [0.25, 0.3) is 5.91 Å². The number of anilines is 1. The van der Waals surface area contributed by atoms with Crippen molar-refractivity contribution >= 4 is 46.0 Å². The average Bonchev–Trinajstić information content (AvgIpc) is 2.73. The van der Waals surface area contributed by atoms with Gasteiger partial charge in [0.05, 0.1) is 10.6 Å². The largest absolute Gasteiger partial charge is 0.508 e. The van der Waals surface area contributed by atoms with Crippen molar-refractivity contribution in [2.45, 2.75) is 0 Å². The number of thiocarbonyl (C=S) groups is 1. The summed E-state index contributed by atoms with van der Waals surface area (Å²) in [5.74, 6) is -0.0373. The molecule has 0 bridgehead atoms. The lowest BCUT2D eigenvalue weighted by atomic mass is 10.2. The number of hydrogen-bond acceptors (Lipinski definition) is 5. The Balaban J connectivity index is 1.95. The minimum Gasteiger partial charge on any atom is -0.508 e. The molecule has 0 atom stereocenters. The fourth-order valence-corrected chi connectivity index (χ4v) is 3.39. The molecule has 0 radical (unpaired) electrons. The zero-order valence-electron chi connectivity index (χ0n) is 11.3. The molecule has 3 rings (SSSR count). The van der Waals surface area contributed by atoms with Crippen molar-refractivity contribution in [2.24, 2.45) is 0 Å². The first-order valence-electron chi connectivity index (χ1n) is 6.40. The van der Waals surface area contributed by atoms with Crippen LogP contribution in [-0.4, -0.2) is 20.4 Å². The van der Waals surface area contributed by atoms with Gasteiger partial charge in [0.15, 0.2) is 4.32 Å². The Bertz CT molecular complexity index is 801. The Kier molecular flexibility index (Phi) is 3.87. The molecule has 2 aromatic rings. The number of phenols is 2. The fourth-order valence-electron chi connectivity index (χ4n) is 2.09. The summed E-state index contributed by atoms with van der Waals surface area (Å²) in [6.45, 7) is 0. The maximum absolute atomic E-state index is 12.5. The van der Waals surface area contributed by atoms with Gasteiger partial charge in [0.1, 0.15) is 11.5 Å². The molecule has 22 heavy (non-hydrogen) atoms. The number of rotatable bonds is 2. The monoisotopic (exact) mass is 329 g/mol. The second-order valence-corrected chi connectivity index (χ2v) is 6.31. The number of benzene rings is 2. The van der Waals surface area contributed by atoms with Gasteiger partial charge in [-0.05, 0) is 35.9 Å². The van der Waals surface area contributed by atoms with E-state index in [4.69, 9.17) is 12.2 Å². The van der Waals surface area contributed by atoms with Crippen molar-refractivity contribution in [2.75, 3.05) is 4.90 Å². The summed E-state index contributed by atoms with van der Waals surface area (Å²) in [5.41, 5.74) is 1.25. The molecular weight excluding hydrogens is 318 g/mol. The SMILES string of the molecule is O=C1/C(=C/c2cccc(O)c2)SC(=S)N1c1cccc(O)c1. The number of nitrogens with zero attached hydrogens (tertiary/aromatic N) is 1. The van der Waals surface area contributed by atoms with E-state index in [9.17, 15) is 15.0 Å². The van der Waals surface area contributed by atoms with Gasteiger partial charge in [-0.2, -0.15) is 0 Å². The second-order valence-electron chi connectivity index (χ2n) is 4.63. The van der Waals surface area contributed by atoms with E-state index in [1.54, 1.807) is 42.5 Å². The van der Waals surface area contributed by atoms with E-state index in [1.165, 1.54) is 28.8 Å². The first-order valence-corrected chi connectivity index (χ1v) is 7.63. The predicted molar refractivity (Wildman–Crippen MR) is 91.9 cm³/mol. The molecule has 110 valence electrons. The Morgan fingerprint density at radius 3 is 2.41 bits per heavy atom. The van der Waals surface area contributed by atoms with Crippen LogP contribution in [0, 0.1) is 0 Å². The molecule has 1 amide bonds. The number of hydrogen-bond donors (Lipinski definition) is 2. The molecule has 6 heteroatoms. The normalized spacial score (nSPS) is 16.5. The minimum absolute atomic E-state index is 0.0727. The maximum Gasteiger partial charge on any atom is 0.270 e. The van der Waals surface area contributed by atoms with Gasteiger partial charge in [0.2, 0.25) is 0 Å². The molecule has 0 saturated carbocycles. The average molecular weight is 329 g/mol. The summed E-state index contributed by atoms with van der Waals surface area (Å²) in [7, 11) is 0. The highest BCUT2D eigenvalue weighted by Gasteiger charge is 2.33. The highest BCUT2D eigenvalue weighted by Crippen LogP contribution is 2.37. The van der Waals surface area contributed by atoms with Crippen molar-refractivity contribution in [3.63, 3.8) is 0 Å². The molecule has 0 spiro atoms. The molecule has 1 saturated heterocycles. The number of amides is 1. The van der Waals surface area contributed by atoms with Crippen LogP contribution < -0.4 is 4.90 Å². The lowest BCUT2D eigenvalue weighted by Crippen LogP contribution is -2.27. The highest BCUT2D eigenvalue weighted by molar-refractivity contribution is 8.27. The first kappa shape index (κ1) is 14.6. The molecule has 0 unspecified atom stereocenters. The van der Waals surface area contributed by atoms with E-state index in [1.807, 2.05) is 0 Å². The summed E-state index contributed by atoms with van der Waals surface area (Å²) in [5, 5.41) is 19.0. The Morgan fingerprint density at radius 2 is 1.73 bits per heavy atom. The van der Waals surface area contributed by atoms with Crippen LogP contribution in [0.2, 0.25) is 0 Å². The van der Waals surface area contributed by atoms with Crippen LogP contribution in [0.1, 0.15) is 5.56 Å². The van der Waals surface area contributed by atoms with Gasteiger partial charge in [-0.15, -0.1) is 0 Å². The molecule has 1 aliphatic rings. The van der Waals surface area contributed by atoms with Crippen molar-refractivity contribution < 1.29 is 15.0 Å². The Labute approximate surface area is 136 Å². The maximum atomic E-state index is 12.5. The predicted octanol–water partition coefficient (Wildman–Crippen LogP) is 3.50. The third-order valence-electron chi connectivity index (χ3n) is 3.05. The van der Waals surface area contributed by atoms with Gasteiger partial charge in [-0.3, -0.25) is 9.69 Å². The lowest BCUT2D eigenvalue weighted by molar-refractivity contribution is -0.113. The lowest BCUT2D eigenvalue weighted by Gasteiger charge is -2.14. The van der Waals surface area contributed by atoms with Crippen LogP contribution in [0.3, 0.4) is 0 Å². The molecular formula is C16H11NO3S2. The molecule has 0 aliphatic carbocycles. The van der Waals surface area contributed by atoms with Gasteiger partial charge in [-0.25, -0.2) is 0 Å². The molecule has 4 nitrogen and oxygen atoms in total. The van der Waals surface area contributed by atoms with Crippen LogP contribution in [-0.2, 0) is 4.79 Å². The van der Waals surface area contributed by atoms with E-state index in [2.05, 4.69) is 0 Å². The van der Waals surface area contributed by atoms with E-state index in [0.29, 0.717) is 14.9 Å². The number of aromatic hydroxyl groups is 2. The van der Waals surface area contributed by atoms with E-state index < -0.39 is 0 Å². The quantitative estimate of drug-likeness (QED) is 0.652.